The molecule has 7 nitrogen and oxygen atoms in total. The fourth-order valence-electron chi connectivity index (χ4n) is 1.15. The van der Waals surface area contributed by atoms with E-state index in [-0.39, 0.29) is 6.42 Å². The standard InChI is InChI=1S/C4H11NO6P2/c6-12(7)11-3-1-2-4(5-3)13(8,9)10/h3-7H,1-2H2,(H2,8,9,10). The zero-order valence-electron chi connectivity index (χ0n) is 6.57. The minimum absolute atomic E-state index is 0.262. The van der Waals surface area contributed by atoms with Gasteiger partial charge in [0.25, 0.3) is 0 Å². The number of hydrogen-bond donors (Lipinski definition) is 5. The topological polar surface area (TPSA) is 119 Å². The van der Waals surface area contributed by atoms with E-state index >= 15 is 0 Å². The number of hydrogen-bond acceptors (Lipinski definition) is 5. The Morgan fingerprint density at radius 2 is 2.00 bits per heavy atom. The van der Waals surface area contributed by atoms with Crippen LogP contribution in [0.2, 0.25) is 0 Å². The van der Waals surface area contributed by atoms with Gasteiger partial charge in [0.1, 0.15) is 12.0 Å². The lowest BCUT2D eigenvalue weighted by Crippen LogP contribution is -2.30. The molecule has 0 aliphatic carbocycles. The summed E-state index contributed by atoms with van der Waals surface area (Å²) in [5.74, 6) is -0.938. The Kier molecular flexibility index (Phi) is 3.80. The normalized spacial score (nSPS) is 29.9. The summed E-state index contributed by atoms with van der Waals surface area (Å²) in [5.41, 5.74) is 0. The molecule has 5 N–H and O–H groups in total. The van der Waals surface area contributed by atoms with Crippen LogP contribution in [0.5, 0.6) is 0 Å². The monoisotopic (exact) mass is 231 g/mol. The lowest BCUT2D eigenvalue weighted by atomic mass is 10.4. The van der Waals surface area contributed by atoms with E-state index in [0.29, 0.717) is 6.42 Å². The molecular formula is C4H11NO6P2. The van der Waals surface area contributed by atoms with Crippen molar-refractivity contribution in [2.45, 2.75) is 24.9 Å². The van der Waals surface area contributed by atoms with E-state index in [1.54, 1.807) is 0 Å². The van der Waals surface area contributed by atoms with Crippen molar-refractivity contribution in [3.05, 3.63) is 0 Å². The predicted octanol–water partition coefficient (Wildman–Crippen LogP) is -0.572. The highest BCUT2D eigenvalue weighted by molar-refractivity contribution is 7.52. The van der Waals surface area contributed by atoms with Crippen LogP contribution >= 0.6 is 16.2 Å². The van der Waals surface area contributed by atoms with Gasteiger partial charge in [0, 0.05) is 0 Å². The summed E-state index contributed by atoms with van der Waals surface area (Å²) in [6.07, 6.45) is -0.0628. The molecule has 0 aromatic rings. The van der Waals surface area contributed by atoms with Crippen LogP contribution in [0.4, 0.5) is 0 Å². The van der Waals surface area contributed by atoms with Gasteiger partial charge in [0.05, 0.1) is 0 Å². The summed E-state index contributed by atoms with van der Waals surface area (Å²) in [5, 5.41) is 2.47. The lowest BCUT2D eigenvalue weighted by molar-refractivity contribution is 0.155. The van der Waals surface area contributed by atoms with Gasteiger partial charge in [-0.2, -0.15) is 0 Å². The average Bonchev–Trinajstić information content (AvgIpc) is 2.32. The van der Waals surface area contributed by atoms with Gasteiger partial charge in [0.15, 0.2) is 0 Å². The second kappa shape index (κ2) is 4.29. The van der Waals surface area contributed by atoms with E-state index in [9.17, 15) is 4.57 Å². The Balaban J connectivity index is 2.41. The highest BCUT2D eigenvalue weighted by atomic mass is 31.2. The van der Waals surface area contributed by atoms with Crippen LogP contribution in [0.25, 0.3) is 0 Å². The quantitative estimate of drug-likeness (QED) is 0.412. The molecular weight excluding hydrogens is 220 g/mol. The second-order valence-corrected chi connectivity index (χ2v) is 5.21. The molecule has 1 saturated heterocycles. The molecule has 0 aromatic carbocycles. The minimum atomic E-state index is -4.14. The van der Waals surface area contributed by atoms with Gasteiger partial charge in [-0.25, -0.2) is 0 Å². The minimum Gasteiger partial charge on any atom is -0.328 e. The summed E-state index contributed by atoms with van der Waals surface area (Å²) in [6.45, 7) is 0. The molecule has 78 valence electrons. The molecule has 0 bridgehead atoms. The van der Waals surface area contributed by atoms with Crippen LogP contribution in [0, 0.1) is 0 Å². The van der Waals surface area contributed by atoms with Crippen LogP contribution in [0.3, 0.4) is 0 Å². The molecule has 9 heteroatoms. The van der Waals surface area contributed by atoms with E-state index in [0.717, 1.165) is 0 Å². The van der Waals surface area contributed by atoms with E-state index in [1.807, 2.05) is 0 Å². The van der Waals surface area contributed by atoms with E-state index in [2.05, 4.69) is 9.84 Å². The molecule has 1 aliphatic rings. The van der Waals surface area contributed by atoms with Crippen LogP contribution < -0.4 is 5.32 Å². The van der Waals surface area contributed by atoms with E-state index in [1.165, 1.54) is 0 Å². The van der Waals surface area contributed by atoms with Crippen molar-refractivity contribution in [2.75, 3.05) is 0 Å². The van der Waals surface area contributed by atoms with Crippen molar-refractivity contribution in [2.24, 2.45) is 0 Å². The molecule has 1 heterocycles. The summed E-state index contributed by atoms with van der Waals surface area (Å²) in [6, 6.07) is 0. The molecule has 2 atom stereocenters. The first-order chi connectivity index (χ1) is 5.89. The van der Waals surface area contributed by atoms with Crippen molar-refractivity contribution in [3.63, 3.8) is 0 Å². The highest BCUT2D eigenvalue weighted by Crippen LogP contribution is 2.45. The summed E-state index contributed by atoms with van der Waals surface area (Å²) in [4.78, 5) is 34.4. The molecule has 0 amide bonds. The molecule has 0 saturated carbocycles. The van der Waals surface area contributed by atoms with Crippen LogP contribution in [-0.4, -0.2) is 31.6 Å². The highest BCUT2D eigenvalue weighted by Gasteiger charge is 2.37. The predicted molar refractivity (Wildman–Crippen MR) is 44.4 cm³/mol. The molecule has 0 aromatic heterocycles. The van der Waals surface area contributed by atoms with Gasteiger partial charge in [-0.15, -0.1) is 0 Å². The molecule has 1 fully saturated rings. The summed E-state index contributed by atoms with van der Waals surface area (Å²) >= 11 is 0. The van der Waals surface area contributed by atoms with Crippen LogP contribution in [0.15, 0.2) is 0 Å². The first kappa shape index (κ1) is 11.5. The molecule has 1 rings (SSSR count). The molecule has 0 spiro atoms. The largest absolute Gasteiger partial charge is 0.342 e. The van der Waals surface area contributed by atoms with E-state index < -0.39 is 28.2 Å². The lowest BCUT2D eigenvalue weighted by Gasteiger charge is -2.15. The third-order valence-electron chi connectivity index (χ3n) is 1.71. The van der Waals surface area contributed by atoms with Gasteiger partial charge < -0.3 is 19.6 Å². The maximum absolute atomic E-state index is 10.7. The van der Waals surface area contributed by atoms with Crippen LogP contribution in [0.1, 0.15) is 12.8 Å². The maximum Gasteiger partial charge on any atom is 0.342 e. The summed E-state index contributed by atoms with van der Waals surface area (Å²) in [7, 11) is -6.62. The Bertz CT molecular complexity index is 217. The van der Waals surface area contributed by atoms with E-state index in [4.69, 9.17) is 19.6 Å². The van der Waals surface area contributed by atoms with Gasteiger partial charge in [-0.1, -0.05) is 0 Å². The third kappa shape index (κ3) is 3.58. The van der Waals surface area contributed by atoms with Gasteiger partial charge >= 0.3 is 16.2 Å². The van der Waals surface area contributed by atoms with Gasteiger partial charge in [-0.05, 0) is 12.8 Å². The third-order valence-corrected chi connectivity index (χ3v) is 3.37. The molecule has 2 unspecified atom stereocenters. The maximum atomic E-state index is 10.7. The zero-order valence-corrected chi connectivity index (χ0v) is 8.36. The fraction of sp³-hybridized carbons (Fsp3) is 1.00. The SMILES string of the molecule is O=P(O)(O)C1CCC(OP(O)O)N1. The van der Waals surface area contributed by atoms with Crippen molar-refractivity contribution < 1.29 is 28.7 Å². The molecule has 1 aliphatic heterocycles. The van der Waals surface area contributed by atoms with Crippen molar-refractivity contribution in [1.29, 1.82) is 0 Å². The number of rotatable bonds is 3. The first-order valence-electron chi connectivity index (χ1n) is 3.55. The molecule has 13 heavy (non-hydrogen) atoms. The Morgan fingerprint density at radius 1 is 1.38 bits per heavy atom. The first-order valence-corrected chi connectivity index (χ1v) is 6.40. The van der Waals surface area contributed by atoms with Crippen LogP contribution in [-0.2, 0) is 9.09 Å². The summed E-state index contributed by atoms with van der Waals surface area (Å²) < 4.78 is 15.3. The zero-order chi connectivity index (χ0) is 10.1. The van der Waals surface area contributed by atoms with Gasteiger partial charge in [-0.3, -0.25) is 14.4 Å². The number of nitrogens with one attached hydrogen (secondary N) is 1. The Labute approximate surface area is 75.9 Å². The second-order valence-electron chi connectivity index (χ2n) is 2.70. The average molecular weight is 231 g/mol. The Hall–Kier alpha value is 0.420. The fourth-order valence-corrected chi connectivity index (χ4v) is 2.39. The smallest absolute Gasteiger partial charge is 0.328 e. The van der Waals surface area contributed by atoms with Crippen molar-refractivity contribution in [3.8, 4) is 0 Å². The Morgan fingerprint density at radius 3 is 2.38 bits per heavy atom. The van der Waals surface area contributed by atoms with Crippen molar-refractivity contribution >= 4 is 16.2 Å². The molecule has 0 radical (unpaired) electrons. The van der Waals surface area contributed by atoms with Crippen molar-refractivity contribution in [1.82, 2.24) is 5.32 Å². The van der Waals surface area contributed by atoms with Gasteiger partial charge in [0.2, 0.25) is 0 Å².